The summed E-state index contributed by atoms with van der Waals surface area (Å²) in [5.41, 5.74) is 2.77. The van der Waals surface area contributed by atoms with E-state index >= 15 is 0 Å². The zero-order chi connectivity index (χ0) is 33.4. The number of Topliss-reactive ketones (excluding diaryl/α,β-unsaturated/α-hetero) is 1. The molecule has 1 atom stereocenters. The Kier molecular flexibility index (Phi) is 9.55. The Balaban J connectivity index is 1.69. The van der Waals surface area contributed by atoms with E-state index in [4.69, 9.17) is 29.4 Å². The molecule has 0 saturated heterocycles. The molecule has 2 aromatic heterocycles. The van der Waals surface area contributed by atoms with Crippen molar-refractivity contribution in [2.75, 3.05) is 39.3 Å². The first kappa shape index (κ1) is 33.9. The van der Waals surface area contributed by atoms with Crippen LogP contribution >= 0.6 is 11.6 Å². The Hall–Kier alpha value is -3.47. The van der Waals surface area contributed by atoms with E-state index in [1.54, 1.807) is 36.7 Å². The van der Waals surface area contributed by atoms with Crippen molar-refractivity contribution in [3.63, 3.8) is 0 Å². The third-order valence-corrected chi connectivity index (χ3v) is 9.18. The molecule has 0 bridgehead atoms. The van der Waals surface area contributed by atoms with E-state index < -0.39 is 37.9 Å². The molecule has 0 unspecified atom stereocenters. The van der Waals surface area contributed by atoms with Gasteiger partial charge in [0.1, 0.15) is 22.6 Å². The second kappa shape index (κ2) is 13.0. The van der Waals surface area contributed by atoms with Gasteiger partial charge in [0.15, 0.2) is 5.78 Å². The van der Waals surface area contributed by atoms with Crippen LogP contribution in [0.25, 0.3) is 22.0 Å². The zero-order valence-electron chi connectivity index (χ0n) is 25.9. The maximum Gasteiger partial charge on any atom is 0.366 e. The number of methoxy groups -OCH3 is 1. The van der Waals surface area contributed by atoms with Crippen molar-refractivity contribution in [3.8, 4) is 22.6 Å². The number of benzene rings is 2. The van der Waals surface area contributed by atoms with Gasteiger partial charge in [-0.2, -0.15) is 30.3 Å². The van der Waals surface area contributed by atoms with Gasteiger partial charge < -0.3 is 18.9 Å². The normalized spacial score (nSPS) is 16.4. The van der Waals surface area contributed by atoms with E-state index in [0.29, 0.717) is 46.0 Å². The third-order valence-electron chi connectivity index (χ3n) is 7.83. The fourth-order valence-corrected chi connectivity index (χ4v) is 7.10. The number of fused-ring (bicyclic) bond motifs is 2. The molecule has 46 heavy (non-hydrogen) atoms. The minimum absolute atomic E-state index is 0.0698. The first-order chi connectivity index (χ1) is 21.7. The Bertz CT molecular complexity index is 1950. The standard InChI is InChI=1S/C30H35ClN4O9S2/c1-6-34(7-2)12-13-35-18-24(22-10-8-19(16-26(22)35)23-17-32-33-29(23)31)28(36)25-15-20-14-21(41-3)9-11-27(20)42-30(25,43-45(4,37)38)44-46(5,39)40/h8-11,14,16-18,25H,6-7,12-13,15H2,1-5H3,(H,32,33)/t25-/m0/s1. The van der Waals surface area contributed by atoms with Crippen LogP contribution in [0.3, 0.4) is 0 Å². The quantitative estimate of drug-likeness (QED) is 0.122. The van der Waals surface area contributed by atoms with Gasteiger partial charge in [-0.25, -0.2) is 0 Å². The molecule has 13 nitrogen and oxygen atoms in total. The number of hydrogen-bond donors (Lipinski definition) is 1. The number of nitrogens with zero attached hydrogens (tertiary/aromatic N) is 3. The summed E-state index contributed by atoms with van der Waals surface area (Å²) < 4.78 is 74.0. The number of likely N-dealkylation sites (N-methyl/N-ethyl adjacent to an activating group) is 1. The number of aromatic amines is 1. The second-order valence-electron chi connectivity index (χ2n) is 11.0. The van der Waals surface area contributed by atoms with E-state index in [1.165, 1.54) is 13.2 Å². The van der Waals surface area contributed by atoms with Gasteiger partial charge in [0.2, 0.25) is 0 Å². The van der Waals surface area contributed by atoms with Crippen molar-refractivity contribution >= 4 is 48.5 Å². The average Bonchev–Trinajstić information content (AvgIpc) is 3.57. The van der Waals surface area contributed by atoms with Crippen LogP contribution in [-0.2, 0) is 41.6 Å². The van der Waals surface area contributed by atoms with Gasteiger partial charge in [0.25, 0.3) is 20.2 Å². The number of halogens is 1. The summed E-state index contributed by atoms with van der Waals surface area (Å²) in [5, 5.41) is 7.61. The molecule has 0 spiro atoms. The minimum atomic E-state index is -4.44. The molecule has 16 heteroatoms. The van der Waals surface area contributed by atoms with Crippen LogP contribution in [0.2, 0.25) is 5.15 Å². The van der Waals surface area contributed by atoms with Gasteiger partial charge in [-0.1, -0.05) is 37.6 Å². The Morgan fingerprint density at radius 1 is 1.11 bits per heavy atom. The monoisotopic (exact) mass is 694 g/mol. The molecule has 0 aliphatic carbocycles. The van der Waals surface area contributed by atoms with Crippen LogP contribution in [0.1, 0.15) is 29.8 Å². The van der Waals surface area contributed by atoms with Gasteiger partial charge in [-0.3, -0.25) is 9.89 Å². The molecule has 4 aromatic rings. The van der Waals surface area contributed by atoms with Crippen LogP contribution in [-0.4, -0.2) is 87.5 Å². The van der Waals surface area contributed by atoms with Gasteiger partial charge in [-0.05, 0) is 54.9 Å². The highest BCUT2D eigenvalue weighted by atomic mass is 35.5. The van der Waals surface area contributed by atoms with Crippen molar-refractivity contribution in [3.05, 3.63) is 65.1 Å². The predicted octanol–water partition coefficient (Wildman–Crippen LogP) is 4.08. The van der Waals surface area contributed by atoms with Crippen LogP contribution in [0.5, 0.6) is 11.5 Å². The molecular weight excluding hydrogens is 660 g/mol. The number of H-pyrrole nitrogens is 1. The van der Waals surface area contributed by atoms with Crippen LogP contribution in [0.4, 0.5) is 0 Å². The molecule has 3 heterocycles. The van der Waals surface area contributed by atoms with Crippen molar-refractivity contribution in [1.82, 2.24) is 19.7 Å². The highest BCUT2D eigenvalue weighted by molar-refractivity contribution is 7.86. The highest BCUT2D eigenvalue weighted by Gasteiger charge is 2.57. The molecule has 0 fully saturated rings. The number of carbonyl (C=O) groups excluding carboxylic acids is 1. The summed E-state index contributed by atoms with van der Waals surface area (Å²) in [5.74, 6) is -4.57. The van der Waals surface area contributed by atoms with Crippen LogP contribution in [0.15, 0.2) is 48.8 Å². The number of rotatable bonds is 13. The average molecular weight is 695 g/mol. The van der Waals surface area contributed by atoms with E-state index in [-0.39, 0.29) is 17.7 Å². The number of ketones is 1. The Morgan fingerprint density at radius 2 is 1.80 bits per heavy atom. The fraction of sp³-hybridized carbons (Fsp3) is 0.400. The lowest BCUT2D eigenvalue weighted by atomic mass is 9.86. The Morgan fingerprint density at radius 3 is 2.39 bits per heavy atom. The number of aromatic nitrogens is 3. The lowest BCUT2D eigenvalue weighted by Crippen LogP contribution is -2.56. The topological polar surface area (TPSA) is 159 Å². The minimum Gasteiger partial charge on any atom is -0.497 e. The molecule has 1 N–H and O–H groups in total. The highest BCUT2D eigenvalue weighted by Crippen LogP contribution is 2.44. The summed E-state index contributed by atoms with van der Waals surface area (Å²) in [4.78, 5) is 16.9. The molecule has 0 amide bonds. The number of ether oxygens (including phenoxy) is 2. The summed E-state index contributed by atoms with van der Waals surface area (Å²) in [6.45, 7) is 6.97. The van der Waals surface area contributed by atoms with Crippen LogP contribution in [0, 0.1) is 5.92 Å². The first-order valence-corrected chi connectivity index (χ1v) is 18.4. The SMILES string of the molecule is CCN(CC)CCn1cc(C(=O)[C@@H]2Cc3cc(OC)ccc3OC2(OS(C)(=O)=O)OS(C)(=O)=O)c2ccc(-c3cn[nH]c3Cl)cc21. The molecule has 1 aliphatic rings. The van der Waals surface area contributed by atoms with Gasteiger partial charge in [0.05, 0.1) is 25.8 Å². The summed E-state index contributed by atoms with van der Waals surface area (Å²) in [6, 6.07) is 10.1. The second-order valence-corrected chi connectivity index (χ2v) is 14.5. The van der Waals surface area contributed by atoms with E-state index in [9.17, 15) is 21.6 Å². The Labute approximate surface area is 272 Å². The van der Waals surface area contributed by atoms with Gasteiger partial charge >= 0.3 is 5.97 Å². The molecule has 0 radical (unpaired) electrons. The van der Waals surface area contributed by atoms with Gasteiger partial charge in [-0.15, -0.1) is 0 Å². The first-order valence-electron chi connectivity index (χ1n) is 14.4. The molecule has 2 aromatic carbocycles. The lowest BCUT2D eigenvalue weighted by molar-refractivity contribution is -0.275. The largest absolute Gasteiger partial charge is 0.497 e. The maximum atomic E-state index is 14.7. The summed E-state index contributed by atoms with van der Waals surface area (Å²) in [6.07, 6.45) is 4.52. The number of nitrogens with one attached hydrogen (secondary N) is 1. The summed E-state index contributed by atoms with van der Waals surface area (Å²) >= 11 is 6.33. The van der Waals surface area contributed by atoms with E-state index in [1.807, 2.05) is 10.6 Å². The van der Waals surface area contributed by atoms with Crippen molar-refractivity contribution in [2.24, 2.45) is 5.92 Å². The number of carbonyl (C=O) groups is 1. The molecule has 1 aliphatic heterocycles. The van der Waals surface area contributed by atoms with E-state index in [0.717, 1.165) is 31.2 Å². The molecule has 5 rings (SSSR count). The van der Waals surface area contributed by atoms with Crippen molar-refractivity contribution in [1.29, 1.82) is 0 Å². The summed E-state index contributed by atoms with van der Waals surface area (Å²) in [7, 11) is -7.41. The lowest BCUT2D eigenvalue weighted by Gasteiger charge is -2.40. The van der Waals surface area contributed by atoms with Gasteiger partial charge in [0, 0.05) is 41.3 Å². The van der Waals surface area contributed by atoms with Crippen molar-refractivity contribution < 1.29 is 39.5 Å². The smallest absolute Gasteiger partial charge is 0.366 e. The predicted molar refractivity (Wildman–Crippen MR) is 172 cm³/mol. The van der Waals surface area contributed by atoms with E-state index in [2.05, 4.69) is 28.9 Å². The molecule has 0 saturated carbocycles. The molecule has 248 valence electrons. The van der Waals surface area contributed by atoms with Crippen molar-refractivity contribution in [2.45, 2.75) is 32.8 Å². The third kappa shape index (κ3) is 7.09. The molecular formula is C30H35ClN4O9S2. The fourth-order valence-electron chi connectivity index (χ4n) is 5.64. The zero-order valence-corrected chi connectivity index (χ0v) is 28.3. The maximum absolute atomic E-state index is 14.7. The number of hydrogen-bond acceptors (Lipinski definition) is 11. The van der Waals surface area contributed by atoms with Crippen LogP contribution < -0.4 is 9.47 Å².